The second-order valence-electron chi connectivity index (χ2n) is 11.0. The smallest absolute Gasteiger partial charge is 0.0714 e. The molecule has 198 valence electrons. The first kappa shape index (κ1) is 24.9. The lowest BCUT2D eigenvalue weighted by atomic mass is 9.67. The van der Waals surface area contributed by atoms with Crippen LogP contribution in [-0.4, -0.2) is 0 Å². The molecule has 7 aromatic rings. The summed E-state index contributed by atoms with van der Waals surface area (Å²) in [5.41, 5.74) is 11.7. The van der Waals surface area contributed by atoms with Crippen LogP contribution in [0.3, 0.4) is 0 Å². The van der Waals surface area contributed by atoms with Crippen molar-refractivity contribution in [2.24, 2.45) is 0 Å². The molecule has 0 saturated carbocycles. The van der Waals surface area contributed by atoms with Gasteiger partial charge in [-0.05, 0) is 79.0 Å². The van der Waals surface area contributed by atoms with Gasteiger partial charge in [-0.3, -0.25) is 0 Å². The fraction of sp³-hybridized carbons (Fsp3) is 0.0244. The van der Waals surface area contributed by atoms with Crippen LogP contribution in [0.15, 0.2) is 164 Å². The quantitative estimate of drug-likeness (QED) is 0.203. The molecule has 0 nitrogen and oxygen atoms in total. The number of halogens is 1. The summed E-state index contributed by atoms with van der Waals surface area (Å²) in [6, 6.07) is 59.0. The first-order chi connectivity index (χ1) is 20.8. The molecule has 0 aromatic heterocycles. The van der Waals surface area contributed by atoms with Crippen molar-refractivity contribution < 1.29 is 0 Å². The standard InChI is InChI=1S/C41H27Cl/c42-38-25-24-29(28-14-4-1-5-15-28)26-35(38)39-33-21-11-10-16-30(33)27-37-40(39)34-22-12-13-23-36(34)41(37,31-17-6-2-7-18-31)32-19-8-3-9-20-32/h1-27H. The molecule has 0 unspecified atom stereocenters. The molecule has 7 aromatic carbocycles. The normalized spacial score (nSPS) is 13.1. The van der Waals surface area contributed by atoms with E-state index in [1.165, 1.54) is 55.3 Å². The van der Waals surface area contributed by atoms with Crippen molar-refractivity contribution in [3.63, 3.8) is 0 Å². The summed E-state index contributed by atoms with van der Waals surface area (Å²) in [5.74, 6) is 0. The molecule has 0 saturated heterocycles. The zero-order chi connectivity index (χ0) is 28.1. The Hall–Kier alpha value is -4.91. The van der Waals surface area contributed by atoms with Gasteiger partial charge in [0, 0.05) is 10.6 Å². The Bertz CT molecular complexity index is 2040. The van der Waals surface area contributed by atoms with Crippen molar-refractivity contribution in [2.45, 2.75) is 5.41 Å². The van der Waals surface area contributed by atoms with Crippen LogP contribution in [0.1, 0.15) is 22.3 Å². The Balaban J connectivity index is 1.56. The van der Waals surface area contributed by atoms with Crippen LogP contribution in [0.25, 0.3) is 44.2 Å². The highest BCUT2D eigenvalue weighted by atomic mass is 35.5. The Kier molecular flexibility index (Phi) is 5.84. The van der Waals surface area contributed by atoms with Crippen molar-refractivity contribution in [3.05, 3.63) is 191 Å². The Morgan fingerprint density at radius 2 is 1.00 bits per heavy atom. The van der Waals surface area contributed by atoms with Gasteiger partial charge in [-0.1, -0.05) is 157 Å². The maximum atomic E-state index is 7.15. The first-order valence-electron chi connectivity index (χ1n) is 14.4. The number of fused-ring (bicyclic) bond motifs is 4. The van der Waals surface area contributed by atoms with Gasteiger partial charge in [-0.15, -0.1) is 0 Å². The Morgan fingerprint density at radius 1 is 0.405 bits per heavy atom. The van der Waals surface area contributed by atoms with E-state index in [2.05, 4.69) is 164 Å². The summed E-state index contributed by atoms with van der Waals surface area (Å²) < 4.78 is 0. The summed E-state index contributed by atoms with van der Waals surface area (Å²) in [7, 11) is 0. The lowest BCUT2D eigenvalue weighted by molar-refractivity contribution is 0.769. The average molecular weight is 555 g/mol. The van der Waals surface area contributed by atoms with E-state index < -0.39 is 5.41 Å². The number of rotatable bonds is 4. The van der Waals surface area contributed by atoms with Crippen molar-refractivity contribution in [2.75, 3.05) is 0 Å². The van der Waals surface area contributed by atoms with E-state index in [0.717, 1.165) is 16.1 Å². The van der Waals surface area contributed by atoms with Crippen LogP contribution in [0.4, 0.5) is 0 Å². The zero-order valence-electron chi connectivity index (χ0n) is 23.0. The minimum absolute atomic E-state index is 0.475. The molecule has 1 aliphatic carbocycles. The van der Waals surface area contributed by atoms with E-state index in [4.69, 9.17) is 11.6 Å². The van der Waals surface area contributed by atoms with E-state index in [-0.39, 0.29) is 0 Å². The lowest BCUT2D eigenvalue weighted by Gasteiger charge is -2.34. The molecule has 1 aliphatic rings. The molecule has 0 fully saturated rings. The van der Waals surface area contributed by atoms with Crippen LogP contribution in [0, 0.1) is 0 Å². The van der Waals surface area contributed by atoms with Gasteiger partial charge >= 0.3 is 0 Å². The first-order valence-corrected chi connectivity index (χ1v) is 14.8. The fourth-order valence-electron chi connectivity index (χ4n) is 7.07. The molecule has 42 heavy (non-hydrogen) atoms. The highest BCUT2D eigenvalue weighted by Gasteiger charge is 2.47. The van der Waals surface area contributed by atoms with Gasteiger partial charge in [0.2, 0.25) is 0 Å². The molecular formula is C41H27Cl. The number of benzene rings is 7. The van der Waals surface area contributed by atoms with Crippen molar-refractivity contribution in [1.29, 1.82) is 0 Å². The summed E-state index contributed by atoms with van der Waals surface area (Å²) in [6.07, 6.45) is 0. The Labute approximate surface area is 251 Å². The van der Waals surface area contributed by atoms with Crippen LogP contribution in [0.2, 0.25) is 5.02 Å². The van der Waals surface area contributed by atoms with Crippen LogP contribution in [-0.2, 0) is 5.41 Å². The Morgan fingerprint density at radius 3 is 1.71 bits per heavy atom. The molecule has 0 N–H and O–H groups in total. The predicted molar refractivity (Wildman–Crippen MR) is 177 cm³/mol. The summed E-state index contributed by atoms with van der Waals surface area (Å²) >= 11 is 7.15. The maximum absolute atomic E-state index is 7.15. The lowest BCUT2D eigenvalue weighted by Crippen LogP contribution is -2.28. The van der Waals surface area contributed by atoms with Gasteiger partial charge in [0.15, 0.2) is 0 Å². The number of hydrogen-bond donors (Lipinski definition) is 0. The predicted octanol–water partition coefficient (Wildman–Crippen LogP) is 11.2. The fourth-order valence-corrected chi connectivity index (χ4v) is 7.28. The van der Waals surface area contributed by atoms with Gasteiger partial charge in [-0.25, -0.2) is 0 Å². The van der Waals surface area contributed by atoms with Crippen molar-refractivity contribution in [3.8, 4) is 33.4 Å². The van der Waals surface area contributed by atoms with Gasteiger partial charge in [0.05, 0.1) is 5.41 Å². The third-order valence-electron chi connectivity index (χ3n) is 8.81. The maximum Gasteiger partial charge on any atom is 0.0714 e. The largest absolute Gasteiger partial charge is 0.0837 e. The molecule has 0 aliphatic heterocycles. The monoisotopic (exact) mass is 554 g/mol. The molecule has 0 radical (unpaired) electrons. The molecule has 0 spiro atoms. The van der Waals surface area contributed by atoms with E-state index >= 15 is 0 Å². The third kappa shape index (κ3) is 3.62. The highest BCUT2D eigenvalue weighted by molar-refractivity contribution is 6.34. The SMILES string of the molecule is Clc1ccc(-c2ccccc2)cc1-c1c2c(cc3ccccc13)C(c1ccccc1)(c1ccccc1)c1ccccc1-2. The molecule has 0 atom stereocenters. The second kappa shape index (κ2) is 9.87. The van der Waals surface area contributed by atoms with Crippen LogP contribution in [0.5, 0.6) is 0 Å². The molecule has 0 heterocycles. The summed E-state index contributed by atoms with van der Waals surface area (Å²) in [4.78, 5) is 0. The van der Waals surface area contributed by atoms with Gasteiger partial charge < -0.3 is 0 Å². The average Bonchev–Trinajstić information content (AvgIpc) is 3.36. The second-order valence-corrected chi connectivity index (χ2v) is 11.4. The topological polar surface area (TPSA) is 0 Å². The van der Waals surface area contributed by atoms with Crippen LogP contribution < -0.4 is 0 Å². The van der Waals surface area contributed by atoms with Crippen molar-refractivity contribution >= 4 is 22.4 Å². The summed E-state index contributed by atoms with van der Waals surface area (Å²) in [6.45, 7) is 0. The minimum atomic E-state index is -0.475. The highest BCUT2D eigenvalue weighted by Crippen LogP contribution is 2.60. The molecule has 0 amide bonds. The van der Waals surface area contributed by atoms with Gasteiger partial charge in [-0.2, -0.15) is 0 Å². The number of hydrogen-bond acceptors (Lipinski definition) is 0. The summed E-state index contributed by atoms with van der Waals surface area (Å²) in [5, 5.41) is 3.16. The van der Waals surface area contributed by atoms with Gasteiger partial charge in [0.1, 0.15) is 0 Å². The van der Waals surface area contributed by atoms with Gasteiger partial charge in [0.25, 0.3) is 0 Å². The van der Waals surface area contributed by atoms with E-state index in [9.17, 15) is 0 Å². The third-order valence-corrected chi connectivity index (χ3v) is 9.14. The molecule has 1 heteroatoms. The minimum Gasteiger partial charge on any atom is -0.0837 e. The zero-order valence-corrected chi connectivity index (χ0v) is 23.7. The molecule has 8 rings (SSSR count). The van der Waals surface area contributed by atoms with Crippen molar-refractivity contribution in [1.82, 2.24) is 0 Å². The molecular weight excluding hydrogens is 528 g/mol. The van der Waals surface area contributed by atoms with E-state index in [0.29, 0.717) is 0 Å². The van der Waals surface area contributed by atoms with Crippen LogP contribution >= 0.6 is 11.6 Å². The molecule has 0 bridgehead atoms. The van der Waals surface area contributed by atoms with E-state index in [1.54, 1.807) is 0 Å². The van der Waals surface area contributed by atoms with E-state index in [1.807, 2.05) is 0 Å².